The molecule has 756 valence electrons. The number of aromatic nitrogens is 12. The Morgan fingerprint density at radius 2 is 0.682 bits per heavy atom. The average molecular weight is 2000 g/mol. The van der Waals surface area contributed by atoms with Crippen LogP contribution in [-0.4, -0.2) is 148 Å². The minimum atomic E-state index is -0.556. The number of rotatable bonds is 23. The number of ether oxygens (including phenoxy) is 7. The van der Waals surface area contributed by atoms with Gasteiger partial charge in [-0.25, -0.2) is 28.7 Å². The second kappa shape index (κ2) is 46.0. The zero-order chi connectivity index (χ0) is 104. The molecule has 0 spiro atoms. The maximum atomic E-state index is 14.7. The molecule has 4 aliphatic rings. The number of methoxy groups -OCH3 is 3. The Balaban J connectivity index is 0.000000135. The first-order valence-corrected chi connectivity index (χ1v) is 49.5. The molecule has 0 aliphatic carbocycles. The highest BCUT2D eigenvalue weighted by Crippen LogP contribution is 2.45. The summed E-state index contributed by atoms with van der Waals surface area (Å²) in [5.74, 6) is 15.0. The van der Waals surface area contributed by atoms with Crippen molar-refractivity contribution in [3.63, 3.8) is 0 Å². The van der Waals surface area contributed by atoms with Crippen molar-refractivity contribution in [2.75, 3.05) is 47.5 Å². The van der Waals surface area contributed by atoms with Crippen molar-refractivity contribution in [3.05, 3.63) is 319 Å². The molecule has 12 heterocycles. The third kappa shape index (κ3) is 21.2. The molecule has 31 heteroatoms. The van der Waals surface area contributed by atoms with Crippen LogP contribution in [0, 0.1) is 81.6 Å². The van der Waals surface area contributed by atoms with Gasteiger partial charge in [0, 0.05) is 84.1 Å². The lowest BCUT2D eigenvalue weighted by Crippen LogP contribution is -2.38. The number of carbonyl (C=O) groups is 4. The third-order valence-corrected chi connectivity index (χ3v) is 27.0. The van der Waals surface area contributed by atoms with E-state index in [1.807, 2.05) is 141 Å². The lowest BCUT2D eigenvalue weighted by Gasteiger charge is -2.34. The van der Waals surface area contributed by atoms with Gasteiger partial charge in [-0.3, -0.25) is 56.7 Å². The van der Waals surface area contributed by atoms with E-state index in [0.717, 1.165) is 178 Å². The number of nitrogens with zero attached hydrogens (tertiary/aromatic N) is 16. The lowest BCUT2D eigenvalue weighted by atomic mass is 10.0. The largest absolute Gasteiger partial charge is 0.494 e. The number of amides is 4. The van der Waals surface area contributed by atoms with E-state index in [1.54, 1.807) is 160 Å². The molecule has 4 atom stereocenters. The molecule has 20 rings (SSSR count). The summed E-state index contributed by atoms with van der Waals surface area (Å²) < 4.78 is 106. The predicted molar refractivity (Wildman–Crippen MR) is 558 cm³/mol. The van der Waals surface area contributed by atoms with Crippen molar-refractivity contribution < 1.29 is 69.9 Å². The van der Waals surface area contributed by atoms with E-state index in [4.69, 9.17) is 53.1 Å². The number of fused-ring (bicyclic) bond motifs is 4. The van der Waals surface area contributed by atoms with Crippen LogP contribution in [0.5, 0.6) is 63.4 Å². The van der Waals surface area contributed by atoms with E-state index in [-0.39, 0.29) is 93.9 Å². The number of hydrogen-bond donors (Lipinski definition) is 0. The summed E-state index contributed by atoms with van der Waals surface area (Å²) in [6.45, 7) is 27.1. The maximum Gasteiger partial charge on any atom is 0.299 e. The maximum absolute atomic E-state index is 14.7. The van der Waals surface area contributed by atoms with E-state index < -0.39 is 11.6 Å². The molecule has 0 bridgehead atoms. The van der Waals surface area contributed by atoms with Gasteiger partial charge < -0.3 is 52.8 Å². The highest BCUT2D eigenvalue weighted by Gasteiger charge is 2.39. The Hall–Kier alpha value is -17.0. The molecule has 0 unspecified atom stereocenters. The molecule has 4 amide bonds. The standard InChI is InChI=1S/C30H29FN4O3.C30H31FN4O2.C29H27FN4O3.C28H27FN4O3/c1-5-9-26(36)34-17-7-6-10-23(34)30-33-28(29-20(3)32-18-19(2)35(29)30)21-13-15-22(16-14-21)38-25-12-8-11-24(37-4)27(25)31;1-5-21-10-9-12-25(27(21)31)37-23-15-13-22(14-16-23)28-29-20(4)32-18-19(3)35(29)30(33-28)24-11-7-8-17-34(24)26(36)6-2;1-4-8-26(35)33-16-6-5-9-22(33)29-32-28(23-18-31-17-19(2)34(23)29)20-12-14-21(15-13-20)37-25-11-7-10-24(36-3)27(25)30;1-4-18-8-6-10-23(26(18)29)36-20-13-11-19(12-14-20)27-22-16-30-17-25(35-3)33(22)28(31-27)21-9-7-15-32(21)24(34)5-2/h8,11-16,18,23H,6-7,10,17H2,1-4H3;6,9-10,12-16,18,24H,2,5,7-8,11,17H2,1,3-4H3;7,10-15,17-18,22H,5-6,9,16H2,1-3H3;5-6,8,10-14,16-17,21H,2,4,7,9,15H2,1,3H3/t23-;24-;22-;21-/m0000/s1. The van der Waals surface area contributed by atoms with Gasteiger partial charge in [-0.2, -0.15) is 8.78 Å². The van der Waals surface area contributed by atoms with Crippen molar-refractivity contribution in [2.45, 2.75) is 170 Å². The van der Waals surface area contributed by atoms with Gasteiger partial charge in [0.1, 0.15) is 46.3 Å². The molecule has 0 radical (unpaired) electrons. The van der Waals surface area contributed by atoms with Gasteiger partial charge >= 0.3 is 0 Å². The van der Waals surface area contributed by atoms with Crippen molar-refractivity contribution >= 4 is 45.7 Å². The van der Waals surface area contributed by atoms with Gasteiger partial charge in [-0.15, -0.1) is 0 Å². The van der Waals surface area contributed by atoms with Crippen LogP contribution in [-0.2, 0) is 32.0 Å². The Bertz CT molecular complexity index is 7810. The minimum Gasteiger partial charge on any atom is -0.494 e. The van der Waals surface area contributed by atoms with Crippen LogP contribution >= 0.6 is 0 Å². The number of aryl methyl sites for hydroxylation is 7. The fraction of sp³-hybridized carbons (Fsp3) is 0.282. The van der Waals surface area contributed by atoms with Crippen LogP contribution in [0.3, 0.4) is 0 Å². The quantitative estimate of drug-likeness (QED) is 0.0327. The van der Waals surface area contributed by atoms with Gasteiger partial charge in [0.15, 0.2) is 46.1 Å². The SMILES string of the molecule is C=CC(=O)N1CCCC[C@H]1c1nc(-c2ccc(Oc3cccc(CC)c3F)cc2)c2c(C)ncc(C)n12.C=CC(=O)N1CCC[C@H]1c1nc(-c2ccc(Oc3cccc(CC)c3F)cc2)c2cncc(OC)n12.CC#CC(=O)N1CCCC[C@H]1c1nc(-c2ccc(Oc3cccc(OC)c3F)cc2)c2c(C)ncc(C)n12.CC#CC(=O)N1CCCC[C@H]1c1nc(-c2ccc(Oc3cccc(OC)c3F)cc2)c2cncc(C)n12. The summed E-state index contributed by atoms with van der Waals surface area (Å²) in [7, 11) is 4.41. The molecule has 4 fully saturated rings. The first-order chi connectivity index (χ1) is 71.9. The van der Waals surface area contributed by atoms with Gasteiger partial charge in [0.25, 0.3) is 11.8 Å². The average Bonchev–Trinajstić information content (AvgIpc) is 1.59. The summed E-state index contributed by atoms with van der Waals surface area (Å²) in [4.78, 5) is 96.3. The highest BCUT2D eigenvalue weighted by atomic mass is 19.1. The Morgan fingerprint density at radius 3 is 1.06 bits per heavy atom. The molecule has 4 aliphatic heterocycles. The van der Waals surface area contributed by atoms with Gasteiger partial charge in [0.05, 0.1) is 120 Å². The molecule has 0 saturated carbocycles. The zero-order valence-electron chi connectivity index (χ0n) is 84.7. The van der Waals surface area contributed by atoms with Crippen LogP contribution in [0.15, 0.2) is 232 Å². The summed E-state index contributed by atoms with van der Waals surface area (Å²) in [6.07, 6.45) is 24.6. The monoisotopic (exact) mass is 1990 g/mol. The van der Waals surface area contributed by atoms with E-state index in [1.165, 1.54) is 26.4 Å². The first-order valence-electron chi connectivity index (χ1n) is 49.5. The Kier molecular flexibility index (Phi) is 31.8. The molecule has 8 aromatic heterocycles. The number of hydrogen-bond acceptors (Lipinski definition) is 19. The van der Waals surface area contributed by atoms with Crippen LogP contribution in [0.25, 0.3) is 67.1 Å². The number of piperidine rings is 3. The van der Waals surface area contributed by atoms with Crippen LogP contribution in [0.4, 0.5) is 17.6 Å². The molecular weight excluding hydrogens is 1880 g/mol. The summed E-state index contributed by atoms with van der Waals surface area (Å²) >= 11 is 0. The summed E-state index contributed by atoms with van der Waals surface area (Å²) in [5, 5.41) is 0. The molecule has 16 aromatic rings. The number of likely N-dealkylation sites (tertiary alicyclic amines) is 4. The molecule has 4 saturated heterocycles. The summed E-state index contributed by atoms with van der Waals surface area (Å²) in [6, 6.07) is 48.7. The number of imidazole rings is 4. The first kappa shape index (κ1) is 102. The lowest BCUT2D eigenvalue weighted by molar-refractivity contribution is -0.130. The van der Waals surface area contributed by atoms with E-state index >= 15 is 0 Å². The van der Waals surface area contributed by atoms with Crippen LogP contribution < -0.4 is 33.2 Å². The van der Waals surface area contributed by atoms with Crippen molar-refractivity contribution in [3.8, 4) is 132 Å². The van der Waals surface area contributed by atoms with Crippen molar-refractivity contribution in [2.24, 2.45) is 0 Å². The normalized spacial score (nSPS) is 15.4. The van der Waals surface area contributed by atoms with E-state index in [2.05, 4.69) is 70.0 Å². The molecule has 27 nitrogen and oxygen atoms in total. The highest BCUT2D eigenvalue weighted by molar-refractivity contribution is 5.95. The van der Waals surface area contributed by atoms with Crippen molar-refractivity contribution in [1.29, 1.82) is 0 Å². The van der Waals surface area contributed by atoms with Crippen molar-refractivity contribution in [1.82, 2.24) is 77.1 Å². The van der Waals surface area contributed by atoms with E-state index in [0.29, 0.717) is 90.5 Å². The molecule has 8 aromatic carbocycles. The topological polar surface area (TPSA) is 267 Å². The predicted octanol–water partition coefficient (Wildman–Crippen LogP) is 24.2. The Labute approximate surface area is 855 Å². The number of carbonyl (C=O) groups excluding carboxylic acids is 4. The summed E-state index contributed by atoms with van der Waals surface area (Å²) in [5.41, 5.74) is 15.7. The minimum absolute atomic E-state index is 0.0766. The second-order valence-electron chi connectivity index (χ2n) is 36.2. The molecule has 0 N–H and O–H groups in total. The fourth-order valence-corrected chi connectivity index (χ4v) is 19.7. The number of benzene rings is 8. The second-order valence-corrected chi connectivity index (χ2v) is 36.2. The van der Waals surface area contributed by atoms with Crippen LogP contribution in [0.2, 0.25) is 0 Å². The third-order valence-electron chi connectivity index (χ3n) is 27.0. The molecule has 148 heavy (non-hydrogen) atoms. The van der Waals surface area contributed by atoms with Crippen LogP contribution in [0.1, 0.15) is 185 Å². The number of halogens is 4. The smallest absolute Gasteiger partial charge is 0.299 e. The van der Waals surface area contributed by atoms with Gasteiger partial charge in [-0.1, -0.05) is 75.2 Å². The fourth-order valence-electron chi connectivity index (χ4n) is 19.7. The van der Waals surface area contributed by atoms with Gasteiger partial charge in [-0.05, 0) is 301 Å². The Morgan fingerprint density at radius 1 is 0.365 bits per heavy atom. The van der Waals surface area contributed by atoms with Gasteiger partial charge in [0.2, 0.25) is 29.3 Å². The molecular formula is C117H114F4N16O11. The zero-order valence-corrected chi connectivity index (χ0v) is 84.7. The van der Waals surface area contributed by atoms with E-state index in [9.17, 15) is 36.7 Å².